The van der Waals surface area contributed by atoms with Crippen LogP contribution in [0.4, 0.5) is 10.5 Å². The SMILES string of the molecule is Cn1c(=O)cc(SN(C(=O)C(Cc2ccccc2)NC(=O)OC(C)(C)C)c2ccccc2)c2ccccc21. The average molecular weight is 530 g/mol. The van der Waals surface area contributed by atoms with Crippen molar-refractivity contribution in [3.05, 3.63) is 107 Å². The molecule has 1 aromatic heterocycles. The van der Waals surface area contributed by atoms with Crippen molar-refractivity contribution in [2.45, 2.75) is 43.7 Å². The number of carbonyl (C=O) groups excluding carboxylic acids is 2. The molecule has 0 radical (unpaired) electrons. The van der Waals surface area contributed by atoms with E-state index in [1.165, 1.54) is 10.4 Å². The smallest absolute Gasteiger partial charge is 0.408 e. The fraction of sp³-hybridized carbons (Fsp3) is 0.233. The molecule has 8 heteroatoms. The van der Waals surface area contributed by atoms with Gasteiger partial charge in [-0.05, 0) is 56.5 Å². The van der Waals surface area contributed by atoms with Crippen molar-refractivity contribution in [2.24, 2.45) is 7.05 Å². The van der Waals surface area contributed by atoms with Crippen LogP contribution in [0.15, 0.2) is 101 Å². The van der Waals surface area contributed by atoms with Gasteiger partial charge in [-0.15, -0.1) is 0 Å². The highest BCUT2D eigenvalue weighted by Gasteiger charge is 2.30. The normalized spacial score (nSPS) is 12.1. The Labute approximate surface area is 226 Å². The minimum Gasteiger partial charge on any atom is -0.444 e. The third kappa shape index (κ3) is 6.63. The maximum Gasteiger partial charge on any atom is 0.408 e. The van der Waals surface area contributed by atoms with E-state index in [1.807, 2.05) is 84.9 Å². The van der Waals surface area contributed by atoms with Crippen LogP contribution in [-0.2, 0) is 23.0 Å². The van der Waals surface area contributed by atoms with Crippen molar-refractivity contribution in [2.75, 3.05) is 4.31 Å². The van der Waals surface area contributed by atoms with Crippen molar-refractivity contribution >= 4 is 40.5 Å². The van der Waals surface area contributed by atoms with Crippen LogP contribution in [0, 0.1) is 0 Å². The van der Waals surface area contributed by atoms with Crippen molar-refractivity contribution < 1.29 is 14.3 Å². The Morgan fingerprint density at radius 1 is 0.947 bits per heavy atom. The highest BCUT2D eigenvalue weighted by Crippen LogP contribution is 2.33. The Morgan fingerprint density at radius 2 is 1.55 bits per heavy atom. The highest BCUT2D eigenvalue weighted by molar-refractivity contribution is 8.01. The fourth-order valence-electron chi connectivity index (χ4n) is 3.98. The Bertz CT molecular complexity index is 1480. The minimum atomic E-state index is -0.919. The summed E-state index contributed by atoms with van der Waals surface area (Å²) < 4.78 is 8.59. The number of hydrogen-bond donors (Lipinski definition) is 1. The number of rotatable bonds is 7. The topological polar surface area (TPSA) is 80.6 Å². The van der Waals surface area contributed by atoms with Crippen LogP contribution in [0.2, 0.25) is 0 Å². The second-order valence-corrected chi connectivity index (χ2v) is 10.9. The third-order valence-corrected chi connectivity index (χ3v) is 6.88. The Hall–Kier alpha value is -4.04. The van der Waals surface area contributed by atoms with Crippen LogP contribution in [0.1, 0.15) is 26.3 Å². The van der Waals surface area contributed by atoms with Gasteiger partial charge in [0.2, 0.25) is 0 Å². The number of aryl methyl sites for hydroxylation is 1. The van der Waals surface area contributed by atoms with Crippen LogP contribution in [-0.4, -0.2) is 28.2 Å². The predicted molar refractivity (Wildman–Crippen MR) is 152 cm³/mol. The van der Waals surface area contributed by atoms with E-state index in [0.29, 0.717) is 10.6 Å². The van der Waals surface area contributed by atoms with Crippen LogP contribution in [0.3, 0.4) is 0 Å². The number of nitrogens with zero attached hydrogens (tertiary/aromatic N) is 2. The van der Waals surface area contributed by atoms with Gasteiger partial charge < -0.3 is 14.6 Å². The van der Waals surface area contributed by atoms with Gasteiger partial charge in [0.15, 0.2) is 0 Å². The number of nitrogens with one attached hydrogen (secondary N) is 1. The molecule has 0 aliphatic heterocycles. The van der Waals surface area contributed by atoms with Gasteiger partial charge in [-0.25, -0.2) is 9.10 Å². The number of para-hydroxylation sites is 2. The number of alkyl carbamates (subject to hydrolysis) is 1. The van der Waals surface area contributed by atoms with Crippen molar-refractivity contribution in [3.63, 3.8) is 0 Å². The van der Waals surface area contributed by atoms with Gasteiger partial charge in [-0.1, -0.05) is 66.7 Å². The quantitative estimate of drug-likeness (QED) is 0.310. The summed E-state index contributed by atoms with van der Waals surface area (Å²) in [6.07, 6.45) is -0.413. The summed E-state index contributed by atoms with van der Waals surface area (Å²) in [5.74, 6) is -0.347. The summed E-state index contributed by atoms with van der Waals surface area (Å²) in [4.78, 5) is 40.4. The molecule has 3 aromatic carbocycles. The molecule has 7 nitrogen and oxygen atoms in total. The first-order valence-corrected chi connectivity index (χ1v) is 13.1. The minimum absolute atomic E-state index is 0.181. The average Bonchev–Trinajstić information content (AvgIpc) is 2.89. The number of hydrogen-bond acceptors (Lipinski definition) is 5. The van der Waals surface area contributed by atoms with Gasteiger partial charge in [0.05, 0.1) is 11.2 Å². The number of ether oxygens (including phenoxy) is 1. The second-order valence-electron chi connectivity index (χ2n) is 9.87. The number of amides is 2. The predicted octanol–water partition coefficient (Wildman–Crippen LogP) is 5.71. The Morgan fingerprint density at radius 3 is 2.21 bits per heavy atom. The van der Waals surface area contributed by atoms with E-state index in [2.05, 4.69) is 5.32 Å². The number of pyridine rings is 1. The molecule has 0 saturated heterocycles. The standard InChI is InChI=1S/C30H31N3O4S/c1-30(2,3)37-29(36)31-24(19-21-13-7-5-8-14-21)28(35)33(22-15-9-6-10-16-22)38-26-20-27(34)32(4)25-18-12-11-17-23(25)26/h5-18,20,24H,19H2,1-4H3,(H,31,36). The van der Waals surface area contributed by atoms with Crippen molar-refractivity contribution in [1.29, 1.82) is 0 Å². The van der Waals surface area contributed by atoms with Crippen LogP contribution < -0.4 is 15.2 Å². The number of benzene rings is 3. The zero-order valence-electron chi connectivity index (χ0n) is 21.9. The Balaban J connectivity index is 1.75. The van der Waals surface area contributed by atoms with Crippen LogP contribution in [0.25, 0.3) is 10.9 Å². The number of aromatic nitrogens is 1. The van der Waals surface area contributed by atoms with Gasteiger partial charge in [-0.3, -0.25) is 9.59 Å². The van der Waals surface area contributed by atoms with E-state index in [1.54, 1.807) is 32.4 Å². The van der Waals surface area contributed by atoms with Gasteiger partial charge >= 0.3 is 6.09 Å². The molecule has 1 heterocycles. The van der Waals surface area contributed by atoms with Gasteiger partial charge in [0.1, 0.15) is 11.6 Å². The molecule has 38 heavy (non-hydrogen) atoms. The molecule has 1 unspecified atom stereocenters. The molecule has 196 valence electrons. The molecule has 2 amide bonds. The number of carbonyl (C=O) groups is 2. The molecule has 0 saturated carbocycles. The summed E-state index contributed by atoms with van der Waals surface area (Å²) in [6.45, 7) is 5.31. The first-order valence-electron chi connectivity index (χ1n) is 12.3. The zero-order chi connectivity index (χ0) is 27.3. The molecular weight excluding hydrogens is 498 g/mol. The molecular formula is C30H31N3O4S. The molecule has 1 atom stereocenters. The fourth-order valence-corrected chi connectivity index (χ4v) is 5.05. The van der Waals surface area contributed by atoms with E-state index in [0.717, 1.165) is 28.4 Å². The molecule has 0 aliphatic rings. The monoisotopic (exact) mass is 529 g/mol. The first-order chi connectivity index (χ1) is 18.1. The molecule has 0 bridgehead atoms. The second kappa shape index (κ2) is 11.6. The lowest BCUT2D eigenvalue weighted by atomic mass is 10.1. The molecule has 0 fully saturated rings. The summed E-state index contributed by atoms with van der Waals surface area (Å²) in [5.41, 5.74) is 1.37. The lowest BCUT2D eigenvalue weighted by Gasteiger charge is -2.28. The Kier molecular flexibility index (Phi) is 8.22. The van der Waals surface area contributed by atoms with E-state index in [4.69, 9.17) is 4.74 Å². The van der Waals surface area contributed by atoms with Crippen molar-refractivity contribution in [3.8, 4) is 0 Å². The largest absolute Gasteiger partial charge is 0.444 e. The summed E-state index contributed by atoms with van der Waals surface area (Å²) in [7, 11) is 1.72. The molecule has 4 rings (SSSR count). The molecule has 0 aliphatic carbocycles. The van der Waals surface area contributed by atoms with Gasteiger partial charge in [-0.2, -0.15) is 0 Å². The van der Waals surface area contributed by atoms with E-state index >= 15 is 0 Å². The van der Waals surface area contributed by atoms with Crippen molar-refractivity contribution in [1.82, 2.24) is 9.88 Å². The van der Waals surface area contributed by atoms with Gasteiger partial charge in [0, 0.05) is 29.8 Å². The number of fused-ring (bicyclic) bond motifs is 1. The van der Waals surface area contributed by atoms with E-state index in [-0.39, 0.29) is 17.9 Å². The van der Waals surface area contributed by atoms with E-state index in [9.17, 15) is 14.4 Å². The molecule has 1 N–H and O–H groups in total. The summed E-state index contributed by atoms with van der Waals surface area (Å²) in [6, 6.07) is 26.9. The van der Waals surface area contributed by atoms with Crippen LogP contribution >= 0.6 is 11.9 Å². The zero-order valence-corrected chi connectivity index (χ0v) is 22.7. The van der Waals surface area contributed by atoms with Crippen LogP contribution in [0.5, 0.6) is 0 Å². The van der Waals surface area contributed by atoms with E-state index < -0.39 is 17.7 Å². The first kappa shape index (κ1) is 27.0. The lowest BCUT2D eigenvalue weighted by Crippen LogP contribution is -2.49. The summed E-state index contributed by atoms with van der Waals surface area (Å²) in [5, 5.41) is 3.62. The maximum atomic E-state index is 14.2. The maximum absolute atomic E-state index is 14.2. The number of anilines is 1. The summed E-state index contributed by atoms with van der Waals surface area (Å²) >= 11 is 1.16. The highest BCUT2D eigenvalue weighted by atomic mass is 32.2. The van der Waals surface area contributed by atoms with Gasteiger partial charge in [0.25, 0.3) is 11.5 Å². The third-order valence-electron chi connectivity index (χ3n) is 5.77. The molecule has 0 spiro atoms. The molecule has 4 aromatic rings. The lowest BCUT2D eigenvalue weighted by molar-refractivity contribution is -0.119.